The predicted octanol–water partition coefficient (Wildman–Crippen LogP) is 2.93. The molecule has 1 fully saturated rings. The average molecular weight is 372 g/mol. The molecule has 2 N–H and O–H groups in total. The van der Waals surface area contributed by atoms with Gasteiger partial charge in [-0.05, 0) is 12.0 Å². The van der Waals surface area contributed by atoms with Crippen LogP contribution in [0.4, 0.5) is 9.93 Å². The van der Waals surface area contributed by atoms with Crippen LogP contribution in [0, 0.1) is 0 Å². The van der Waals surface area contributed by atoms with Gasteiger partial charge in [-0.3, -0.25) is 9.59 Å². The Hall–Kier alpha value is -2.74. The summed E-state index contributed by atoms with van der Waals surface area (Å²) in [7, 11) is 0. The molecule has 2 heterocycles. The summed E-state index contributed by atoms with van der Waals surface area (Å²) in [6.45, 7) is 1.99. The number of carbonyl (C=O) groups is 3. The highest BCUT2D eigenvalue weighted by atomic mass is 32.1. The average Bonchev–Trinajstić information content (AvgIpc) is 3.25. The number of imide groups is 1. The number of thiazole rings is 1. The summed E-state index contributed by atoms with van der Waals surface area (Å²) < 4.78 is 0. The van der Waals surface area contributed by atoms with E-state index in [1.807, 2.05) is 13.0 Å². The van der Waals surface area contributed by atoms with Crippen molar-refractivity contribution < 1.29 is 14.4 Å². The highest BCUT2D eigenvalue weighted by Crippen LogP contribution is 2.26. The van der Waals surface area contributed by atoms with E-state index >= 15 is 0 Å². The molecule has 0 spiro atoms. The Morgan fingerprint density at radius 2 is 2.12 bits per heavy atom. The second kappa shape index (κ2) is 8.09. The molecule has 1 aliphatic rings. The molecule has 0 saturated carbocycles. The Kier molecular flexibility index (Phi) is 5.62. The van der Waals surface area contributed by atoms with Gasteiger partial charge in [0, 0.05) is 11.6 Å². The zero-order chi connectivity index (χ0) is 18.5. The highest BCUT2D eigenvalue weighted by Gasteiger charge is 2.45. The number of hydrogen-bond donors (Lipinski definition) is 2. The lowest BCUT2D eigenvalue weighted by Gasteiger charge is -2.24. The van der Waals surface area contributed by atoms with E-state index < -0.39 is 29.9 Å². The van der Waals surface area contributed by atoms with E-state index in [-0.39, 0.29) is 0 Å². The molecular formula is C18H20N4O3S. The van der Waals surface area contributed by atoms with Crippen LogP contribution in [-0.2, 0) is 9.59 Å². The third-order valence-electron chi connectivity index (χ3n) is 4.21. The van der Waals surface area contributed by atoms with Crippen molar-refractivity contribution in [1.29, 1.82) is 0 Å². The number of amides is 4. The van der Waals surface area contributed by atoms with Gasteiger partial charge < -0.3 is 10.6 Å². The molecule has 0 unspecified atom stereocenters. The molecule has 8 heteroatoms. The maximum absolute atomic E-state index is 12.9. The summed E-state index contributed by atoms with van der Waals surface area (Å²) in [4.78, 5) is 43.2. The predicted molar refractivity (Wildman–Crippen MR) is 98.6 cm³/mol. The molecule has 7 nitrogen and oxygen atoms in total. The number of anilines is 1. The minimum atomic E-state index is -0.861. The van der Waals surface area contributed by atoms with E-state index in [1.165, 1.54) is 11.3 Å². The Morgan fingerprint density at radius 1 is 1.35 bits per heavy atom. The van der Waals surface area contributed by atoms with Gasteiger partial charge in [0.1, 0.15) is 12.1 Å². The molecule has 4 amide bonds. The summed E-state index contributed by atoms with van der Waals surface area (Å²) in [6, 6.07) is 6.85. The van der Waals surface area contributed by atoms with Crippen LogP contribution < -0.4 is 10.6 Å². The van der Waals surface area contributed by atoms with Crippen LogP contribution in [0.15, 0.2) is 41.9 Å². The van der Waals surface area contributed by atoms with Crippen LogP contribution >= 0.6 is 11.3 Å². The number of nitrogens with zero attached hydrogens (tertiary/aromatic N) is 2. The van der Waals surface area contributed by atoms with Gasteiger partial charge >= 0.3 is 6.03 Å². The van der Waals surface area contributed by atoms with E-state index in [9.17, 15) is 14.4 Å². The van der Waals surface area contributed by atoms with E-state index in [1.54, 1.807) is 35.8 Å². The number of carbonyl (C=O) groups excluding carboxylic acids is 3. The van der Waals surface area contributed by atoms with E-state index in [4.69, 9.17) is 0 Å². The summed E-state index contributed by atoms with van der Waals surface area (Å²) in [5.41, 5.74) is 0.697. The number of aromatic nitrogens is 1. The fourth-order valence-electron chi connectivity index (χ4n) is 2.91. The number of unbranched alkanes of at least 4 members (excludes halogenated alkanes) is 1. The van der Waals surface area contributed by atoms with Crippen LogP contribution in [0.1, 0.15) is 37.8 Å². The van der Waals surface area contributed by atoms with Crippen LogP contribution in [0.2, 0.25) is 0 Å². The largest absolute Gasteiger partial charge is 0.325 e. The Balaban J connectivity index is 1.82. The topological polar surface area (TPSA) is 91.4 Å². The quantitative estimate of drug-likeness (QED) is 0.731. The Bertz CT molecular complexity index is 779. The summed E-state index contributed by atoms with van der Waals surface area (Å²) >= 11 is 1.29. The highest BCUT2D eigenvalue weighted by molar-refractivity contribution is 7.13. The number of nitrogens with one attached hydrogen (secondary N) is 2. The first-order valence-corrected chi connectivity index (χ1v) is 9.38. The maximum Gasteiger partial charge on any atom is 0.325 e. The fraction of sp³-hybridized carbons (Fsp3) is 0.333. The van der Waals surface area contributed by atoms with Crippen molar-refractivity contribution in [3.05, 3.63) is 47.5 Å². The molecular weight excluding hydrogens is 352 g/mol. The SMILES string of the molecule is CCCC[C@@H](C(=O)Nc1nccs1)N1C(=O)N[C@@H](c2ccccc2)C1=O. The smallest absolute Gasteiger partial charge is 0.322 e. The minimum absolute atomic E-state index is 0.398. The number of benzene rings is 1. The monoisotopic (exact) mass is 372 g/mol. The van der Waals surface area contributed by atoms with Gasteiger partial charge in [-0.15, -0.1) is 11.3 Å². The second-order valence-electron chi connectivity index (χ2n) is 5.99. The summed E-state index contributed by atoms with van der Waals surface area (Å²) in [5.74, 6) is -0.804. The number of hydrogen-bond acceptors (Lipinski definition) is 5. The Morgan fingerprint density at radius 3 is 2.77 bits per heavy atom. The van der Waals surface area contributed by atoms with Crippen molar-refractivity contribution >= 4 is 34.3 Å². The first-order valence-electron chi connectivity index (χ1n) is 8.50. The lowest BCUT2D eigenvalue weighted by atomic mass is 10.0. The van der Waals surface area contributed by atoms with Crippen molar-refractivity contribution in [3.8, 4) is 0 Å². The third-order valence-corrected chi connectivity index (χ3v) is 4.90. The van der Waals surface area contributed by atoms with Crippen molar-refractivity contribution in [2.45, 2.75) is 38.3 Å². The summed E-state index contributed by atoms with van der Waals surface area (Å²) in [6.07, 6.45) is 3.57. The zero-order valence-corrected chi connectivity index (χ0v) is 15.2. The first-order chi connectivity index (χ1) is 12.6. The van der Waals surface area contributed by atoms with Crippen molar-refractivity contribution in [1.82, 2.24) is 15.2 Å². The zero-order valence-electron chi connectivity index (χ0n) is 14.3. The van der Waals surface area contributed by atoms with Crippen LogP contribution in [0.25, 0.3) is 0 Å². The molecule has 1 saturated heterocycles. The molecule has 2 atom stereocenters. The van der Waals surface area contributed by atoms with Gasteiger partial charge in [0.15, 0.2) is 5.13 Å². The standard InChI is InChI=1S/C18H20N4O3S/c1-2-3-9-13(15(23)21-17-19-10-11-26-17)22-16(24)14(20-18(22)25)12-7-5-4-6-8-12/h4-8,10-11,13-14H,2-3,9H2,1H3,(H,20,25)(H,19,21,23)/t13-,14-/m0/s1. The van der Waals surface area contributed by atoms with Crippen molar-refractivity contribution in [2.75, 3.05) is 5.32 Å². The maximum atomic E-state index is 12.9. The van der Waals surface area contributed by atoms with Gasteiger partial charge in [-0.25, -0.2) is 14.7 Å². The molecule has 2 aromatic rings. The normalized spacial score (nSPS) is 17.9. The third kappa shape index (κ3) is 3.75. The van der Waals surface area contributed by atoms with Gasteiger partial charge in [0.25, 0.3) is 5.91 Å². The molecule has 0 aliphatic carbocycles. The minimum Gasteiger partial charge on any atom is -0.322 e. The van der Waals surface area contributed by atoms with Gasteiger partial charge in [-0.2, -0.15) is 0 Å². The molecule has 3 rings (SSSR count). The van der Waals surface area contributed by atoms with Crippen LogP contribution in [-0.4, -0.2) is 33.8 Å². The molecule has 136 valence electrons. The number of rotatable bonds is 7. The van der Waals surface area contributed by atoms with E-state index in [2.05, 4.69) is 15.6 Å². The molecule has 1 aliphatic heterocycles. The lowest BCUT2D eigenvalue weighted by molar-refractivity contribution is -0.134. The number of urea groups is 1. The van der Waals surface area contributed by atoms with E-state index in [0.717, 1.165) is 17.7 Å². The fourth-order valence-corrected chi connectivity index (χ4v) is 3.44. The van der Waals surface area contributed by atoms with Crippen molar-refractivity contribution in [2.24, 2.45) is 0 Å². The van der Waals surface area contributed by atoms with Gasteiger partial charge in [0.2, 0.25) is 5.91 Å². The first kappa shape index (κ1) is 18.1. The molecule has 26 heavy (non-hydrogen) atoms. The van der Waals surface area contributed by atoms with E-state index in [0.29, 0.717) is 17.1 Å². The molecule has 0 radical (unpaired) electrons. The summed E-state index contributed by atoms with van der Waals surface area (Å²) in [5, 5.41) is 7.58. The van der Waals surface area contributed by atoms with Gasteiger partial charge in [0.05, 0.1) is 0 Å². The lowest BCUT2D eigenvalue weighted by Crippen LogP contribution is -2.47. The Labute approximate surface area is 155 Å². The van der Waals surface area contributed by atoms with Gasteiger partial charge in [-0.1, -0.05) is 50.1 Å². The van der Waals surface area contributed by atoms with Crippen molar-refractivity contribution in [3.63, 3.8) is 0 Å². The van der Waals surface area contributed by atoms with Crippen LogP contribution in [0.3, 0.4) is 0 Å². The molecule has 1 aromatic carbocycles. The second-order valence-corrected chi connectivity index (χ2v) is 6.88. The molecule has 0 bridgehead atoms. The van der Waals surface area contributed by atoms with Crippen LogP contribution in [0.5, 0.6) is 0 Å². The molecule has 1 aromatic heterocycles.